The number of furan rings is 1. The van der Waals surface area contributed by atoms with Crippen LogP contribution in [-0.4, -0.2) is 10.2 Å². The zero-order valence-electron chi connectivity index (χ0n) is 10.8. The van der Waals surface area contributed by atoms with Gasteiger partial charge in [0.25, 0.3) is 0 Å². The Labute approximate surface area is 119 Å². The van der Waals surface area contributed by atoms with Crippen LogP contribution in [0.4, 0.5) is 4.39 Å². The summed E-state index contributed by atoms with van der Waals surface area (Å²) in [5.41, 5.74) is 0.688. The van der Waals surface area contributed by atoms with Crippen LogP contribution in [0.15, 0.2) is 59.2 Å². The Morgan fingerprint density at radius 3 is 2.24 bits per heavy atom. The fourth-order valence-electron chi connectivity index (χ4n) is 1.90. The van der Waals surface area contributed by atoms with Crippen LogP contribution < -0.4 is 4.74 Å². The van der Waals surface area contributed by atoms with Crippen molar-refractivity contribution in [3.63, 3.8) is 0 Å². The van der Waals surface area contributed by atoms with Crippen molar-refractivity contribution < 1.29 is 23.8 Å². The maximum absolute atomic E-state index is 12.9. The van der Waals surface area contributed by atoms with E-state index >= 15 is 0 Å². The van der Waals surface area contributed by atoms with Crippen LogP contribution in [0.2, 0.25) is 0 Å². The molecule has 0 aliphatic carbocycles. The van der Waals surface area contributed by atoms with Crippen LogP contribution in [0.25, 0.3) is 11.3 Å². The van der Waals surface area contributed by atoms with Crippen molar-refractivity contribution in [2.75, 3.05) is 0 Å². The van der Waals surface area contributed by atoms with Crippen molar-refractivity contribution in [3.05, 3.63) is 60.6 Å². The second kappa shape index (κ2) is 5.20. The molecular formula is C16H11FO4. The molecule has 0 saturated carbocycles. The van der Waals surface area contributed by atoms with Gasteiger partial charge in [-0.1, -0.05) is 0 Å². The molecule has 0 amide bonds. The monoisotopic (exact) mass is 286 g/mol. The Bertz CT molecular complexity index is 766. The Balaban J connectivity index is 1.89. The Morgan fingerprint density at radius 1 is 0.905 bits per heavy atom. The van der Waals surface area contributed by atoms with Gasteiger partial charge < -0.3 is 19.4 Å². The number of halogens is 1. The van der Waals surface area contributed by atoms with Crippen LogP contribution >= 0.6 is 0 Å². The van der Waals surface area contributed by atoms with Crippen molar-refractivity contribution in [2.45, 2.75) is 0 Å². The second-order valence-electron chi connectivity index (χ2n) is 4.37. The van der Waals surface area contributed by atoms with Crippen molar-refractivity contribution in [3.8, 4) is 34.3 Å². The van der Waals surface area contributed by atoms with E-state index in [1.165, 1.54) is 24.5 Å². The molecule has 0 spiro atoms. The van der Waals surface area contributed by atoms with Crippen LogP contribution in [0.1, 0.15) is 0 Å². The van der Waals surface area contributed by atoms with Gasteiger partial charge >= 0.3 is 0 Å². The normalized spacial score (nSPS) is 10.5. The fourth-order valence-corrected chi connectivity index (χ4v) is 1.90. The van der Waals surface area contributed by atoms with E-state index in [-0.39, 0.29) is 23.0 Å². The molecule has 3 rings (SSSR count). The first-order valence-corrected chi connectivity index (χ1v) is 6.17. The number of ether oxygens (including phenoxy) is 1. The summed E-state index contributed by atoms with van der Waals surface area (Å²) in [4.78, 5) is 0. The molecule has 3 aromatic rings. The van der Waals surface area contributed by atoms with E-state index in [0.29, 0.717) is 11.3 Å². The largest absolute Gasteiger partial charge is 0.504 e. The Kier molecular flexibility index (Phi) is 3.23. The molecule has 106 valence electrons. The summed E-state index contributed by atoms with van der Waals surface area (Å²) in [6.07, 6.45) is 1.54. The summed E-state index contributed by atoms with van der Waals surface area (Å²) in [5.74, 6) is -0.222. The minimum absolute atomic E-state index is 0.0532. The average Bonchev–Trinajstić information content (AvgIpc) is 2.98. The molecule has 2 N–H and O–H groups in total. The molecule has 4 nitrogen and oxygen atoms in total. The van der Waals surface area contributed by atoms with Gasteiger partial charge in [-0.05, 0) is 42.5 Å². The molecule has 0 radical (unpaired) electrons. The third-order valence-corrected chi connectivity index (χ3v) is 2.91. The minimum atomic E-state index is -0.572. The van der Waals surface area contributed by atoms with Gasteiger partial charge in [-0.2, -0.15) is 0 Å². The smallest absolute Gasteiger partial charge is 0.169 e. The van der Waals surface area contributed by atoms with Crippen molar-refractivity contribution >= 4 is 0 Å². The third kappa shape index (κ3) is 2.67. The molecule has 0 aliphatic heterocycles. The predicted octanol–water partition coefficient (Wildman–Crippen LogP) is 4.29. The molecule has 0 atom stereocenters. The summed E-state index contributed by atoms with van der Waals surface area (Å²) in [6, 6.07) is 11.6. The van der Waals surface area contributed by atoms with Crippen LogP contribution in [0, 0.1) is 5.82 Å². The van der Waals surface area contributed by atoms with E-state index in [9.17, 15) is 14.6 Å². The number of benzene rings is 2. The van der Waals surface area contributed by atoms with E-state index in [2.05, 4.69) is 0 Å². The molecule has 2 aromatic carbocycles. The summed E-state index contributed by atoms with van der Waals surface area (Å²) in [7, 11) is 0. The van der Waals surface area contributed by atoms with Gasteiger partial charge in [-0.15, -0.1) is 0 Å². The van der Waals surface area contributed by atoms with Gasteiger partial charge in [0.15, 0.2) is 23.0 Å². The van der Waals surface area contributed by atoms with Gasteiger partial charge in [-0.3, -0.25) is 0 Å². The molecule has 0 fully saturated rings. The summed E-state index contributed by atoms with van der Waals surface area (Å²) >= 11 is 0. The zero-order chi connectivity index (χ0) is 14.8. The topological polar surface area (TPSA) is 62.8 Å². The van der Waals surface area contributed by atoms with Crippen LogP contribution in [0.5, 0.6) is 23.0 Å². The lowest BCUT2D eigenvalue weighted by Crippen LogP contribution is -1.87. The summed E-state index contributed by atoms with van der Waals surface area (Å²) in [5, 5.41) is 19.6. The van der Waals surface area contributed by atoms with E-state index in [0.717, 1.165) is 12.1 Å². The highest BCUT2D eigenvalue weighted by molar-refractivity contribution is 5.62. The minimum Gasteiger partial charge on any atom is -0.504 e. The van der Waals surface area contributed by atoms with E-state index < -0.39 is 5.82 Å². The number of phenols is 2. The molecule has 0 bridgehead atoms. The standard InChI is InChI=1S/C16H11FO4/c17-11-4-6-16(13(19)9-11)21-15-5-3-10(8-12(15)18)14-2-1-7-20-14/h1-9,18-19H. The lowest BCUT2D eigenvalue weighted by Gasteiger charge is -2.10. The van der Waals surface area contributed by atoms with Crippen LogP contribution in [0.3, 0.4) is 0 Å². The molecular weight excluding hydrogens is 275 g/mol. The van der Waals surface area contributed by atoms with Crippen molar-refractivity contribution in [2.24, 2.45) is 0 Å². The zero-order valence-corrected chi connectivity index (χ0v) is 10.8. The first-order chi connectivity index (χ1) is 10.1. The highest BCUT2D eigenvalue weighted by atomic mass is 19.1. The number of hydrogen-bond acceptors (Lipinski definition) is 4. The number of hydrogen-bond donors (Lipinski definition) is 2. The molecule has 0 unspecified atom stereocenters. The van der Waals surface area contributed by atoms with Gasteiger partial charge in [0.1, 0.15) is 11.6 Å². The molecule has 21 heavy (non-hydrogen) atoms. The molecule has 0 aliphatic rings. The molecule has 1 aromatic heterocycles. The third-order valence-electron chi connectivity index (χ3n) is 2.91. The number of rotatable bonds is 3. The highest BCUT2D eigenvalue weighted by Crippen LogP contribution is 2.37. The van der Waals surface area contributed by atoms with Crippen molar-refractivity contribution in [1.82, 2.24) is 0 Å². The maximum Gasteiger partial charge on any atom is 0.169 e. The summed E-state index contributed by atoms with van der Waals surface area (Å²) in [6.45, 7) is 0. The lowest BCUT2D eigenvalue weighted by atomic mass is 10.1. The van der Waals surface area contributed by atoms with Crippen molar-refractivity contribution in [1.29, 1.82) is 0 Å². The Hall–Kier alpha value is -2.95. The number of phenolic OH excluding ortho intramolecular Hbond substituents is 2. The van der Waals surface area contributed by atoms with Crippen LogP contribution in [-0.2, 0) is 0 Å². The number of aromatic hydroxyl groups is 2. The quantitative estimate of drug-likeness (QED) is 0.754. The van der Waals surface area contributed by atoms with Gasteiger partial charge in [0.2, 0.25) is 0 Å². The SMILES string of the molecule is Oc1cc(F)ccc1Oc1ccc(-c2ccco2)cc1O. The average molecular weight is 286 g/mol. The van der Waals surface area contributed by atoms with E-state index in [1.54, 1.807) is 18.2 Å². The lowest BCUT2D eigenvalue weighted by molar-refractivity contribution is 0.383. The molecule has 5 heteroatoms. The molecule has 0 saturated heterocycles. The highest BCUT2D eigenvalue weighted by Gasteiger charge is 2.11. The van der Waals surface area contributed by atoms with Gasteiger partial charge in [-0.25, -0.2) is 4.39 Å². The van der Waals surface area contributed by atoms with Gasteiger partial charge in [0, 0.05) is 11.6 Å². The maximum atomic E-state index is 12.9. The van der Waals surface area contributed by atoms with Gasteiger partial charge in [0.05, 0.1) is 6.26 Å². The fraction of sp³-hybridized carbons (Fsp3) is 0. The summed E-state index contributed by atoms with van der Waals surface area (Å²) < 4.78 is 23.5. The Morgan fingerprint density at radius 2 is 1.62 bits per heavy atom. The first kappa shape index (κ1) is 13.1. The predicted molar refractivity (Wildman–Crippen MR) is 73.9 cm³/mol. The second-order valence-corrected chi connectivity index (χ2v) is 4.37. The van der Waals surface area contributed by atoms with E-state index in [4.69, 9.17) is 9.15 Å². The van der Waals surface area contributed by atoms with E-state index in [1.807, 2.05) is 0 Å². The first-order valence-electron chi connectivity index (χ1n) is 6.17. The molecule has 1 heterocycles.